The van der Waals surface area contributed by atoms with Crippen molar-refractivity contribution >= 4 is 17.0 Å². The molecule has 0 atom stereocenters. The van der Waals surface area contributed by atoms with Crippen molar-refractivity contribution in [1.82, 2.24) is 4.98 Å². The van der Waals surface area contributed by atoms with Gasteiger partial charge in [-0.3, -0.25) is 4.79 Å². The van der Waals surface area contributed by atoms with Crippen molar-refractivity contribution in [3.8, 4) is 6.07 Å². The Morgan fingerprint density at radius 2 is 2.36 bits per heavy atom. The lowest BCUT2D eigenvalue weighted by Gasteiger charge is -1.93. The van der Waals surface area contributed by atoms with Gasteiger partial charge >= 0.3 is 5.89 Å². The van der Waals surface area contributed by atoms with Gasteiger partial charge in [-0.15, -0.1) is 0 Å². The molecular weight excluding hydrogens is 182 g/mol. The third-order valence-electron chi connectivity index (χ3n) is 1.78. The number of carbonyl (C=O) groups is 1. The Bertz CT molecular complexity index is 551. The van der Waals surface area contributed by atoms with Gasteiger partial charge in [-0.2, -0.15) is 10.2 Å². The zero-order valence-corrected chi connectivity index (χ0v) is 7.02. The van der Waals surface area contributed by atoms with Crippen molar-refractivity contribution in [3.63, 3.8) is 0 Å². The number of nitrogens with zero attached hydrogens (tertiary/aromatic N) is 2. The van der Waals surface area contributed by atoms with Crippen molar-refractivity contribution in [3.05, 3.63) is 29.7 Å². The van der Waals surface area contributed by atoms with Crippen LogP contribution < -0.4 is 5.73 Å². The molecule has 2 N–H and O–H groups in total. The van der Waals surface area contributed by atoms with Gasteiger partial charge in [-0.1, -0.05) is 6.07 Å². The fourth-order valence-corrected chi connectivity index (χ4v) is 1.19. The summed E-state index contributed by atoms with van der Waals surface area (Å²) >= 11 is 0. The van der Waals surface area contributed by atoms with E-state index in [1.807, 2.05) is 0 Å². The molecule has 0 unspecified atom stereocenters. The van der Waals surface area contributed by atoms with Crippen LogP contribution in [-0.2, 0) is 0 Å². The fraction of sp³-hybridized carbons (Fsp3) is 0. The number of fused-ring (bicyclic) bond motifs is 1. The molecule has 5 heteroatoms. The summed E-state index contributed by atoms with van der Waals surface area (Å²) in [6.07, 6.45) is 0. The summed E-state index contributed by atoms with van der Waals surface area (Å²) in [4.78, 5) is 14.8. The van der Waals surface area contributed by atoms with Gasteiger partial charge in [0.15, 0.2) is 11.7 Å². The molecule has 1 heterocycles. The van der Waals surface area contributed by atoms with E-state index in [2.05, 4.69) is 4.98 Å². The largest absolute Gasteiger partial charge is 0.428 e. The first-order valence-electron chi connectivity index (χ1n) is 3.82. The zero-order chi connectivity index (χ0) is 10.1. The number of para-hydroxylation sites is 1. The first-order valence-corrected chi connectivity index (χ1v) is 3.82. The summed E-state index contributed by atoms with van der Waals surface area (Å²) in [5.74, 6) is -0.676. The zero-order valence-electron chi connectivity index (χ0n) is 7.02. The van der Waals surface area contributed by atoms with E-state index < -0.39 is 5.91 Å². The second-order valence-corrected chi connectivity index (χ2v) is 2.65. The Kier molecular flexibility index (Phi) is 1.68. The maximum absolute atomic E-state index is 11.0. The molecule has 0 fully saturated rings. The normalized spacial score (nSPS) is 9.93. The summed E-state index contributed by atoms with van der Waals surface area (Å²) in [6.45, 7) is 0. The molecule has 68 valence electrons. The smallest absolute Gasteiger partial charge is 0.301 e. The standard InChI is InChI=1S/C9H5N3O2/c10-4-7-12-6-3-1-2-5(9(11)13)8(6)14-7/h1-3H,(H2,11,13). The Labute approximate surface area is 78.8 Å². The van der Waals surface area contributed by atoms with Crippen molar-refractivity contribution in [2.45, 2.75) is 0 Å². The lowest BCUT2D eigenvalue weighted by atomic mass is 10.2. The van der Waals surface area contributed by atoms with E-state index in [1.54, 1.807) is 18.2 Å². The molecule has 2 rings (SSSR count). The second-order valence-electron chi connectivity index (χ2n) is 2.65. The van der Waals surface area contributed by atoms with Gasteiger partial charge < -0.3 is 10.2 Å². The molecule has 0 bridgehead atoms. The van der Waals surface area contributed by atoms with Gasteiger partial charge in [0.25, 0.3) is 5.91 Å². The highest BCUT2D eigenvalue weighted by molar-refractivity contribution is 6.03. The predicted octanol–water partition coefficient (Wildman–Crippen LogP) is 0.798. The number of nitriles is 1. The number of nitrogens with two attached hydrogens (primary N) is 1. The Hall–Kier alpha value is -2.35. The Balaban J connectivity index is 2.81. The number of amides is 1. The number of aromatic nitrogens is 1. The Morgan fingerprint density at radius 1 is 1.57 bits per heavy atom. The van der Waals surface area contributed by atoms with Crippen LogP contribution >= 0.6 is 0 Å². The quantitative estimate of drug-likeness (QED) is 0.714. The average molecular weight is 187 g/mol. The summed E-state index contributed by atoms with van der Waals surface area (Å²) in [6, 6.07) is 6.55. The van der Waals surface area contributed by atoms with E-state index >= 15 is 0 Å². The molecular formula is C9H5N3O2. The Morgan fingerprint density at radius 3 is 3.00 bits per heavy atom. The molecule has 1 amide bonds. The summed E-state index contributed by atoms with van der Waals surface area (Å²) < 4.78 is 5.04. The van der Waals surface area contributed by atoms with Crippen molar-refractivity contribution in [1.29, 1.82) is 5.26 Å². The van der Waals surface area contributed by atoms with E-state index in [1.165, 1.54) is 6.07 Å². The third-order valence-corrected chi connectivity index (χ3v) is 1.78. The number of benzene rings is 1. The van der Waals surface area contributed by atoms with Gasteiger partial charge in [0.05, 0.1) is 5.56 Å². The molecule has 1 aromatic heterocycles. The average Bonchev–Trinajstić information content (AvgIpc) is 2.59. The van der Waals surface area contributed by atoms with Crippen molar-refractivity contribution in [2.24, 2.45) is 5.73 Å². The van der Waals surface area contributed by atoms with Gasteiger partial charge in [0, 0.05) is 0 Å². The molecule has 0 aliphatic carbocycles. The summed E-state index contributed by atoms with van der Waals surface area (Å²) in [5, 5.41) is 8.55. The van der Waals surface area contributed by atoms with E-state index in [-0.39, 0.29) is 17.0 Å². The molecule has 1 aromatic carbocycles. The van der Waals surface area contributed by atoms with Crippen LogP contribution in [0.1, 0.15) is 16.2 Å². The number of oxazole rings is 1. The van der Waals surface area contributed by atoms with Crippen LogP contribution in [0.4, 0.5) is 0 Å². The molecule has 14 heavy (non-hydrogen) atoms. The monoisotopic (exact) mass is 187 g/mol. The molecule has 0 radical (unpaired) electrons. The van der Waals surface area contributed by atoms with Gasteiger partial charge in [0.2, 0.25) is 0 Å². The van der Waals surface area contributed by atoms with Crippen molar-refractivity contribution in [2.75, 3.05) is 0 Å². The maximum atomic E-state index is 11.0. The molecule has 0 saturated carbocycles. The number of hydrogen-bond acceptors (Lipinski definition) is 4. The molecule has 2 aromatic rings. The van der Waals surface area contributed by atoms with E-state index in [0.717, 1.165) is 0 Å². The first-order chi connectivity index (χ1) is 6.72. The SMILES string of the molecule is N#Cc1nc2cccc(C(N)=O)c2o1. The lowest BCUT2D eigenvalue weighted by Crippen LogP contribution is -2.10. The van der Waals surface area contributed by atoms with Gasteiger partial charge in [-0.25, -0.2) is 0 Å². The summed E-state index contributed by atoms with van der Waals surface area (Å²) in [5.41, 5.74) is 6.07. The molecule has 0 saturated heterocycles. The van der Waals surface area contributed by atoms with Crippen LogP contribution in [0.25, 0.3) is 11.1 Å². The fourth-order valence-electron chi connectivity index (χ4n) is 1.19. The first kappa shape index (κ1) is 8.26. The van der Waals surface area contributed by atoms with Crippen LogP contribution in [0.2, 0.25) is 0 Å². The molecule has 0 spiro atoms. The van der Waals surface area contributed by atoms with Gasteiger partial charge in [0.1, 0.15) is 5.52 Å². The highest BCUT2D eigenvalue weighted by atomic mass is 16.3. The summed E-state index contributed by atoms with van der Waals surface area (Å²) in [7, 11) is 0. The minimum Gasteiger partial charge on any atom is -0.428 e. The van der Waals surface area contributed by atoms with Crippen LogP contribution in [0.3, 0.4) is 0 Å². The maximum Gasteiger partial charge on any atom is 0.301 e. The minimum atomic E-state index is -0.601. The number of primary amides is 1. The van der Waals surface area contributed by atoms with Crippen LogP contribution in [0.5, 0.6) is 0 Å². The van der Waals surface area contributed by atoms with Crippen LogP contribution in [0, 0.1) is 11.3 Å². The van der Waals surface area contributed by atoms with Crippen LogP contribution in [-0.4, -0.2) is 10.9 Å². The number of hydrogen-bond donors (Lipinski definition) is 1. The topological polar surface area (TPSA) is 92.9 Å². The lowest BCUT2D eigenvalue weighted by molar-refractivity contribution is 0.100. The van der Waals surface area contributed by atoms with E-state index in [0.29, 0.717) is 5.52 Å². The van der Waals surface area contributed by atoms with Crippen molar-refractivity contribution < 1.29 is 9.21 Å². The second kappa shape index (κ2) is 2.85. The minimum absolute atomic E-state index is 0.0753. The molecule has 5 nitrogen and oxygen atoms in total. The predicted molar refractivity (Wildman–Crippen MR) is 47.2 cm³/mol. The molecule has 0 aliphatic rings. The highest BCUT2D eigenvalue weighted by Crippen LogP contribution is 2.18. The van der Waals surface area contributed by atoms with E-state index in [4.69, 9.17) is 15.4 Å². The van der Waals surface area contributed by atoms with Crippen LogP contribution in [0.15, 0.2) is 22.6 Å². The van der Waals surface area contributed by atoms with E-state index in [9.17, 15) is 4.79 Å². The number of carbonyl (C=O) groups excluding carboxylic acids is 1. The highest BCUT2D eigenvalue weighted by Gasteiger charge is 2.12. The number of rotatable bonds is 1. The van der Waals surface area contributed by atoms with Gasteiger partial charge in [-0.05, 0) is 12.1 Å². The molecule has 0 aliphatic heterocycles. The third kappa shape index (κ3) is 1.10.